The molecule has 1 aromatic rings. The van der Waals surface area contributed by atoms with Crippen molar-refractivity contribution in [2.24, 2.45) is 0 Å². The van der Waals surface area contributed by atoms with Crippen molar-refractivity contribution >= 4 is 6.08 Å². The molecule has 1 heterocycles. The Morgan fingerprint density at radius 3 is 3.00 bits per heavy atom. The molecule has 14 heavy (non-hydrogen) atoms. The maximum Gasteiger partial charge on any atom is 0.0378 e. The summed E-state index contributed by atoms with van der Waals surface area (Å²) in [5.74, 6) is 0. The van der Waals surface area contributed by atoms with Crippen molar-refractivity contribution in [1.82, 2.24) is 4.98 Å². The summed E-state index contributed by atoms with van der Waals surface area (Å²) in [4.78, 5) is 4.14. The molecule has 0 saturated carbocycles. The van der Waals surface area contributed by atoms with Crippen LogP contribution >= 0.6 is 0 Å². The molecule has 1 heteroatoms. The monoisotopic (exact) mass is 181 g/mol. The highest BCUT2D eigenvalue weighted by molar-refractivity contribution is 5.55. The second-order valence-corrected chi connectivity index (χ2v) is 3.19. The van der Waals surface area contributed by atoms with Gasteiger partial charge in [-0.3, -0.25) is 4.98 Å². The number of nitrogens with zero attached hydrogens (tertiary/aromatic N) is 1. The molecule has 0 unspecified atom stereocenters. The number of allylic oxidation sites excluding steroid dienone is 4. The Morgan fingerprint density at radius 2 is 2.29 bits per heavy atom. The molecule has 2 rings (SSSR count). The van der Waals surface area contributed by atoms with E-state index in [1.165, 1.54) is 5.56 Å². The highest BCUT2D eigenvalue weighted by Crippen LogP contribution is 2.08. The smallest absolute Gasteiger partial charge is 0.0378 e. The van der Waals surface area contributed by atoms with Gasteiger partial charge < -0.3 is 0 Å². The Labute approximate surface area is 83.8 Å². The molecule has 0 radical (unpaired) electrons. The standard InChI is InChI=1S/C13H11N/c1-11-10-13(8-9-14-11)7-6-12-4-2-3-5-12/h2-4,6-10H,1H3/b7-6+. The normalized spacial score (nSPS) is 13.9. The Hall–Kier alpha value is -1.85. The van der Waals surface area contributed by atoms with E-state index in [1.807, 2.05) is 37.4 Å². The van der Waals surface area contributed by atoms with Crippen molar-refractivity contribution < 1.29 is 0 Å². The van der Waals surface area contributed by atoms with E-state index in [1.54, 1.807) is 0 Å². The average molecular weight is 181 g/mol. The zero-order chi connectivity index (χ0) is 9.80. The van der Waals surface area contributed by atoms with E-state index in [9.17, 15) is 0 Å². The van der Waals surface area contributed by atoms with Crippen LogP contribution in [0.25, 0.3) is 6.08 Å². The van der Waals surface area contributed by atoms with Crippen molar-refractivity contribution in [2.45, 2.75) is 6.92 Å². The maximum absolute atomic E-state index is 4.14. The third-order valence-electron chi connectivity index (χ3n) is 2.00. The molecule has 0 fully saturated rings. The quantitative estimate of drug-likeness (QED) is 0.639. The molecule has 68 valence electrons. The van der Waals surface area contributed by atoms with E-state index < -0.39 is 0 Å². The minimum Gasteiger partial charge on any atom is -0.262 e. The maximum atomic E-state index is 4.14. The first-order valence-electron chi connectivity index (χ1n) is 4.59. The van der Waals surface area contributed by atoms with Gasteiger partial charge in [-0.05, 0) is 42.8 Å². The minimum absolute atomic E-state index is 1.04. The highest BCUT2D eigenvalue weighted by atomic mass is 14.6. The molecule has 1 aliphatic carbocycles. The van der Waals surface area contributed by atoms with Crippen LogP contribution in [0.2, 0.25) is 0 Å². The molecular formula is C13H11N. The summed E-state index contributed by atoms with van der Waals surface area (Å²) in [5, 5.41) is 0. The van der Waals surface area contributed by atoms with E-state index in [-0.39, 0.29) is 0 Å². The van der Waals surface area contributed by atoms with Crippen LogP contribution in [0, 0.1) is 6.92 Å². The number of hydrogen-bond acceptors (Lipinski definition) is 1. The SMILES string of the molecule is Cc1cc(/C=C/C2=C=CC=C2)ccn1. The number of pyridine rings is 1. The summed E-state index contributed by atoms with van der Waals surface area (Å²) in [6.45, 7) is 1.99. The van der Waals surface area contributed by atoms with Crippen LogP contribution < -0.4 is 0 Å². The lowest BCUT2D eigenvalue weighted by molar-refractivity contribution is 1.20. The van der Waals surface area contributed by atoms with Crippen molar-refractivity contribution in [2.75, 3.05) is 0 Å². The van der Waals surface area contributed by atoms with E-state index >= 15 is 0 Å². The third kappa shape index (κ3) is 2.09. The highest BCUT2D eigenvalue weighted by Gasteiger charge is 1.90. The molecule has 1 aliphatic rings. The van der Waals surface area contributed by atoms with Gasteiger partial charge in [-0.2, -0.15) is 0 Å². The Bertz CT molecular complexity index is 458. The van der Waals surface area contributed by atoms with Gasteiger partial charge in [-0.25, -0.2) is 0 Å². The van der Waals surface area contributed by atoms with Crippen LogP contribution in [-0.2, 0) is 0 Å². The predicted molar refractivity (Wildman–Crippen MR) is 58.7 cm³/mol. The van der Waals surface area contributed by atoms with Crippen molar-refractivity contribution in [3.63, 3.8) is 0 Å². The second kappa shape index (κ2) is 3.91. The number of aromatic nitrogens is 1. The molecule has 0 aromatic carbocycles. The van der Waals surface area contributed by atoms with Gasteiger partial charge in [0.2, 0.25) is 0 Å². The van der Waals surface area contributed by atoms with E-state index in [4.69, 9.17) is 0 Å². The van der Waals surface area contributed by atoms with Crippen LogP contribution in [0.4, 0.5) is 0 Å². The number of hydrogen-bond donors (Lipinski definition) is 0. The van der Waals surface area contributed by atoms with Crippen LogP contribution in [0.1, 0.15) is 11.3 Å². The van der Waals surface area contributed by atoms with Gasteiger partial charge in [0.25, 0.3) is 0 Å². The number of aryl methyl sites for hydroxylation is 1. The molecule has 0 saturated heterocycles. The van der Waals surface area contributed by atoms with Gasteiger partial charge in [0.1, 0.15) is 0 Å². The predicted octanol–water partition coefficient (Wildman–Crippen LogP) is 3.05. The summed E-state index contributed by atoms with van der Waals surface area (Å²) >= 11 is 0. The van der Waals surface area contributed by atoms with Crippen molar-refractivity contribution in [1.29, 1.82) is 0 Å². The first-order chi connectivity index (χ1) is 6.84. The molecule has 0 spiro atoms. The van der Waals surface area contributed by atoms with Crippen molar-refractivity contribution in [3.8, 4) is 0 Å². The zero-order valence-electron chi connectivity index (χ0n) is 8.07. The molecule has 0 aliphatic heterocycles. The lowest BCUT2D eigenvalue weighted by Gasteiger charge is -1.94. The summed E-state index contributed by atoms with van der Waals surface area (Å²) in [7, 11) is 0. The van der Waals surface area contributed by atoms with Gasteiger partial charge in [-0.15, -0.1) is 5.73 Å². The fourth-order valence-corrected chi connectivity index (χ4v) is 1.31. The zero-order valence-corrected chi connectivity index (χ0v) is 8.07. The summed E-state index contributed by atoms with van der Waals surface area (Å²) in [5.41, 5.74) is 6.44. The largest absolute Gasteiger partial charge is 0.262 e. The number of rotatable bonds is 2. The first-order valence-corrected chi connectivity index (χ1v) is 4.59. The van der Waals surface area contributed by atoms with Gasteiger partial charge in [0.15, 0.2) is 0 Å². The summed E-state index contributed by atoms with van der Waals surface area (Å²) < 4.78 is 0. The van der Waals surface area contributed by atoms with Gasteiger partial charge in [-0.1, -0.05) is 12.2 Å². The van der Waals surface area contributed by atoms with Crippen LogP contribution in [0.3, 0.4) is 0 Å². The second-order valence-electron chi connectivity index (χ2n) is 3.19. The fourth-order valence-electron chi connectivity index (χ4n) is 1.31. The first kappa shape index (κ1) is 8.74. The molecule has 0 amide bonds. The van der Waals surface area contributed by atoms with Gasteiger partial charge in [0.05, 0.1) is 0 Å². The average Bonchev–Trinajstić information content (AvgIpc) is 2.67. The minimum atomic E-state index is 1.04. The lowest BCUT2D eigenvalue weighted by atomic mass is 10.2. The van der Waals surface area contributed by atoms with E-state index in [0.717, 1.165) is 11.3 Å². The van der Waals surface area contributed by atoms with Crippen LogP contribution in [0.5, 0.6) is 0 Å². The Morgan fingerprint density at radius 1 is 1.36 bits per heavy atom. The fraction of sp³-hybridized carbons (Fsp3) is 0.0769. The lowest BCUT2D eigenvalue weighted by Crippen LogP contribution is -1.80. The molecule has 0 N–H and O–H groups in total. The molecular weight excluding hydrogens is 170 g/mol. The van der Waals surface area contributed by atoms with Crippen LogP contribution in [-0.4, -0.2) is 4.98 Å². The molecule has 1 nitrogen and oxygen atoms in total. The topological polar surface area (TPSA) is 12.9 Å². The van der Waals surface area contributed by atoms with Crippen LogP contribution in [0.15, 0.2) is 53.9 Å². The van der Waals surface area contributed by atoms with E-state index in [2.05, 4.69) is 28.9 Å². The Balaban J connectivity index is 2.18. The molecule has 0 atom stereocenters. The third-order valence-corrected chi connectivity index (χ3v) is 2.00. The van der Waals surface area contributed by atoms with Crippen molar-refractivity contribution in [3.05, 3.63) is 65.2 Å². The van der Waals surface area contributed by atoms with E-state index in [0.29, 0.717) is 0 Å². The molecule has 1 aromatic heterocycles. The summed E-state index contributed by atoms with van der Waals surface area (Å²) in [6, 6.07) is 4.05. The molecule has 0 bridgehead atoms. The summed E-state index contributed by atoms with van der Waals surface area (Å²) in [6.07, 6.45) is 11.9. The van der Waals surface area contributed by atoms with Gasteiger partial charge >= 0.3 is 0 Å². The Kier molecular flexibility index (Phi) is 2.44. The van der Waals surface area contributed by atoms with Gasteiger partial charge in [0, 0.05) is 17.5 Å².